The zero-order valence-electron chi connectivity index (χ0n) is 12.3. The lowest BCUT2D eigenvalue weighted by Gasteiger charge is -2.41. The predicted octanol–water partition coefficient (Wildman–Crippen LogP) is 2.50. The number of rotatable bonds is 3. The highest BCUT2D eigenvalue weighted by atomic mass is 16.5. The van der Waals surface area contributed by atoms with E-state index in [2.05, 4.69) is 36.2 Å². The highest BCUT2D eigenvalue weighted by molar-refractivity contribution is 5.74. The number of benzene rings is 1. The number of fused-ring (bicyclic) bond motifs is 2. The Morgan fingerprint density at radius 3 is 2.75 bits per heavy atom. The van der Waals surface area contributed by atoms with Crippen LogP contribution in [0.2, 0.25) is 0 Å². The standard InChI is InChI=1S/C17H23NO2/c1-18-14-8-9-15(18)16(17(19)20-2)13(11-14)10-12-6-4-3-5-7-12/h3-7,13-16H,8-11H2,1-2H3/t13-,14?,15+,16-/m0/s1. The first kappa shape index (κ1) is 13.6. The Bertz CT molecular complexity index is 473. The summed E-state index contributed by atoms with van der Waals surface area (Å²) in [5, 5.41) is 0. The molecule has 3 nitrogen and oxygen atoms in total. The van der Waals surface area contributed by atoms with Crippen molar-refractivity contribution in [3.8, 4) is 0 Å². The molecular weight excluding hydrogens is 250 g/mol. The first-order valence-electron chi connectivity index (χ1n) is 7.54. The fraction of sp³-hybridized carbons (Fsp3) is 0.588. The first-order valence-corrected chi connectivity index (χ1v) is 7.54. The zero-order chi connectivity index (χ0) is 14.1. The molecule has 108 valence electrons. The van der Waals surface area contributed by atoms with Crippen LogP contribution < -0.4 is 0 Å². The van der Waals surface area contributed by atoms with Crippen LogP contribution in [0.5, 0.6) is 0 Å². The predicted molar refractivity (Wildman–Crippen MR) is 78.3 cm³/mol. The van der Waals surface area contributed by atoms with Gasteiger partial charge in [-0.05, 0) is 44.2 Å². The van der Waals surface area contributed by atoms with Crippen LogP contribution in [0, 0.1) is 11.8 Å². The summed E-state index contributed by atoms with van der Waals surface area (Å²) in [5.41, 5.74) is 1.33. The van der Waals surface area contributed by atoms with E-state index in [1.807, 2.05) is 6.07 Å². The fourth-order valence-electron chi connectivity index (χ4n) is 4.18. The van der Waals surface area contributed by atoms with Crippen molar-refractivity contribution in [1.82, 2.24) is 4.90 Å². The maximum Gasteiger partial charge on any atom is 0.310 e. The van der Waals surface area contributed by atoms with Crippen LogP contribution in [0.4, 0.5) is 0 Å². The summed E-state index contributed by atoms with van der Waals surface area (Å²) < 4.78 is 5.09. The van der Waals surface area contributed by atoms with E-state index in [1.54, 1.807) is 0 Å². The van der Waals surface area contributed by atoms with E-state index in [4.69, 9.17) is 4.74 Å². The third kappa shape index (κ3) is 2.35. The van der Waals surface area contributed by atoms with Gasteiger partial charge in [-0.25, -0.2) is 0 Å². The Balaban J connectivity index is 1.82. The van der Waals surface area contributed by atoms with Gasteiger partial charge in [0.15, 0.2) is 0 Å². The second kappa shape index (κ2) is 5.57. The van der Waals surface area contributed by atoms with Crippen molar-refractivity contribution in [2.24, 2.45) is 11.8 Å². The lowest BCUT2D eigenvalue weighted by Crippen LogP contribution is -2.50. The van der Waals surface area contributed by atoms with Gasteiger partial charge in [0.2, 0.25) is 0 Å². The lowest BCUT2D eigenvalue weighted by atomic mass is 9.77. The third-order valence-electron chi connectivity index (χ3n) is 5.21. The van der Waals surface area contributed by atoms with Gasteiger partial charge >= 0.3 is 5.97 Å². The topological polar surface area (TPSA) is 29.5 Å². The van der Waals surface area contributed by atoms with E-state index >= 15 is 0 Å². The normalized spacial score (nSPS) is 33.1. The minimum Gasteiger partial charge on any atom is -0.469 e. The van der Waals surface area contributed by atoms with Crippen molar-refractivity contribution in [1.29, 1.82) is 0 Å². The van der Waals surface area contributed by atoms with Gasteiger partial charge in [0.1, 0.15) is 0 Å². The van der Waals surface area contributed by atoms with E-state index in [0.29, 0.717) is 18.0 Å². The number of piperidine rings is 1. The minimum absolute atomic E-state index is 0.0249. The molecule has 2 heterocycles. The van der Waals surface area contributed by atoms with Gasteiger partial charge in [-0.15, -0.1) is 0 Å². The van der Waals surface area contributed by atoms with Crippen molar-refractivity contribution in [2.75, 3.05) is 14.2 Å². The Kier molecular flexibility index (Phi) is 3.79. The van der Waals surface area contributed by atoms with Gasteiger partial charge in [0.05, 0.1) is 13.0 Å². The maximum absolute atomic E-state index is 12.3. The Morgan fingerprint density at radius 1 is 1.30 bits per heavy atom. The lowest BCUT2D eigenvalue weighted by molar-refractivity contribution is -0.152. The smallest absolute Gasteiger partial charge is 0.310 e. The summed E-state index contributed by atoms with van der Waals surface area (Å²) >= 11 is 0. The third-order valence-corrected chi connectivity index (χ3v) is 5.21. The molecule has 0 radical (unpaired) electrons. The molecule has 2 aliphatic rings. The van der Waals surface area contributed by atoms with E-state index in [-0.39, 0.29) is 11.9 Å². The van der Waals surface area contributed by atoms with E-state index < -0.39 is 0 Å². The number of esters is 1. The molecule has 0 aliphatic carbocycles. The summed E-state index contributed by atoms with van der Waals surface area (Å²) in [4.78, 5) is 14.7. The Labute approximate surface area is 120 Å². The number of carbonyl (C=O) groups is 1. The number of nitrogens with zero attached hydrogens (tertiary/aromatic N) is 1. The van der Waals surface area contributed by atoms with Crippen LogP contribution in [-0.2, 0) is 16.0 Å². The molecule has 0 N–H and O–H groups in total. The second-order valence-corrected chi connectivity index (χ2v) is 6.20. The van der Waals surface area contributed by atoms with Gasteiger partial charge in [-0.1, -0.05) is 30.3 Å². The number of hydrogen-bond donors (Lipinski definition) is 0. The molecule has 20 heavy (non-hydrogen) atoms. The molecule has 3 heteroatoms. The second-order valence-electron chi connectivity index (χ2n) is 6.20. The molecule has 0 spiro atoms. The SMILES string of the molecule is COC(=O)[C@H]1[C@@H](Cc2ccccc2)CC2CC[C@H]1N2C. The van der Waals surface area contributed by atoms with Gasteiger partial charge < -0.3 is 4.74 Å². The number of methoxy groups -OCH3 is 1. The first-order chi connectivity index (χ1) is 9.70. The van der Waals surface area contributed by atoms with Crippen LogP contribution in [0.3, 0.4) is 0 Å². The van der Waals surface area contributed by atoms with E-state index in [1.165, 1.54) is 19.1 Å². The van der Waals surface area contributed by atoms with Crippen LogP contribution >= 0.6 is 0 Å². The van der Waals surface area contributed by atoms with Gasteiger partial charge in [-0.2, -0.15) is 0 Å². The average Bonchev–Trinajstić information content (AvgIpc) is 2.72. The molecule has 3 rings (SSSR count). The molecule has 1 unspecified atom stereocenters. The average molecular weight is 273 g/mol. The zero-order valence-corrected chi connectivity index (χ0v) is 12.3. The van der Waals surface area contributed by atoms with Crippen molar-refractivity contribution >= 4 is 5.97 Å². The highest BCUT2D eigenvalue weighted by Gasteiger charge is 2.48. The van der Waals surface area contributed by atoms with Crippen molar-refractivity contribution in [3.05, 3.63) is 35.9 Å². The molecular formula is C17H23NO2. The Morgan fingerprint density at radius 2 is 2.05 bits per heavy atom. The minimum atomic E-state index is -0.0249. The molecule has 0 saturated carbocycles. The van der Waals surface area contributed by atoms with E-state index in [9.17, 15) is 4.79 Å². The maximum atomic E-state index is 12.3. The monoisotopic (exact) mass is 273 g/mol. The molecule has 2 bridgehead atoms. The molecule has 1 aromatic carbocycles. The van der Waals surface area contributed by atoms with Gasteiger partial charge in [-0.3, -0.25) is 9.69 Å². The van der Waals surface area contributed by atoms with Crippen molar-refractivity contribution < 1.29 is 9.53 Å². The van der Waals surface area contributed by atoms with Gasteiger partial charge in [0, 0.05) is 12.1 Å². The molecule has 0 aromatic heterocycles. The van der Waals surface area contributed by atoms with Crippen LogP contribution in [0.25, 0.3) is 0 Å². The fourth-order valence-corrected chi connectivity index (χ4v) is 4.18. The van der Waals surface area contributed by atoms with Crippen molar-refractivity contribution in [3.63, 3.8) is 0 Å². The molecule has 1 aromatic rings. The van der Waals surface area contributed by atoms with E-state index in [0.717, 1.165) is 19.3 Å². The summed E-state index contributed by atoms with van der Waals surface area (Å²) in [6, 6.07) is 11.5. The summed E-state index contributed by atoms with van der Waals surface area (Å²) in [7, 11) is 3.68. The molecule has 2 saturated heterocycles. The summed E-state index contributed by atoms with van der Waals surface area (Å²) in [5.74, 6) is 0.422. The van der Waals surface area contributed by atoms with Crippen molar-refractivity contribution in [2.45, 2.75) is 37.8 Å². The summed E-state index contributed by atoms with van der Waals surface area (Å²) in [6.07, 6.45) is 4.45. The van der Waals surface area contributed by atoms with Crippen LogP contribution in [-0.4, -0.2) is 37.1 Å². The number of hydrogen-bond acceptors (Lipinski definition) is 3. The number of carbonyl (C=O) groups excluding carboxylic acids is 1. The van der Waals surface area contributed by atoms with Crippen LogP contribution in [0.1, 0.15) is 24.8 Å². The molecule has 2 fully saturated rings. The highest BCUT2D eigenvalue weighted by Crippen LogP contribution is 2.43. The van der Waals surface area contributed by atoms with Crippen LogP contribution in [0.15, 0.2) is 30.3 Å². The molecule has 0 amide bonds. The molecule has 2 aliphatic heterocycles. The van der Waals surface area contributed by atoms with Gasteiger partial charge in [0.25, 0.3) is 0 Å². The quantitative estimate of drug-likeness (QED) is 0.793. The Hall–Kier alpha value is -1.35. The number of ether oxygens (including phenoxy) is 1. The largest absolute Gasteiger partial charge is 0.469 e. The molecule has 4 atom stereocenters. The summed E-state index contributed by atoms with van der Waals surface area (Å²) in [6.45, 7) is 0.